The predicted octanol–water partition coefficient (Wildman–Crippen LogP) is 2.01. The van der Waals surface area contributed by atoms with Crippen LogP contribution in [0.4, 0.5) is 0 Å². The van der Waals surface area contributed by atoms with Gasteiger partial charge in [0.2, 0.25) is 0 Å². The summed E-state index contributed by atoms with van der Waals surface area (Å²) in [7, 11) is 0. The molecule has 0 spiro atoms. The lowest BCUT2D eigenvalue weighted by atomic mass is 10.0. The number of hydrogen-bond donors (Lipinski definition) is 1. The zero-order chi connectivity index (χ0) is 14.3. The molecule has 5 heteroatoms. The summed E-state index contributed by atoms with van der Waals surface area (Å²) in [6, 6.07) is 4.75. The quantitative estimate of drug-likeness (QED) is 0.861. The number of fused-ring (bicyclic) bond motifs is 1. The molecule has 0 saturated heterocycles. The number of hydrogen-bond acceptors (Lipinski definition) is 4. The van der Waals surface area contributed by atoms with Crippen molar-refractivity contribution in [2.45, 2.75) is 19.4 Å². The van der Waals surface area contributed by atoms with Gasteiger partial charge in [0.25, 0.3) is 5.56 Å². The fraction of sp³-hybridized carbons (Fsp3) is 0.200. The van der Waals surface area contributed by atoms with Gasteiger partial charge in [-0.3, -0.25) is 14.3 Å². The Bertz CT molecular complexity index is 760. The minimum absolute atomic E-state index is 0.289. The van der Waals surface area contributed by atoms with Crippen molar-refractivity contribution in [3.8, 4) is 11.5 Å². The Kier molecular flexibility index (Phi) is 2.64. The molecule has 0 bridgehead atoms. The first kappa shape index (κ1) is 12.5. The topological polar surface area (TPSA) is 64.4 Å². The molecule has 1 aliphatic heterocycles. The molecule has 20 heavy (non-hydrogen) atoms. The molecule has 3 heterocycles. The summed E-state index contributed by atoms with van der Waals surface area (Å²) in [6.45, 7) is 3.81. The summed E-state index contributed by atoms with van der Waals surface area (Å²) in [6.07, 6.45) is 6.75. The smallest absolute Gasteiger partial charge is 0.297 e. The lowest BCUT2D eigenvalue weighted by Crippen LogP contribution is -2.32. The van der Waals surface area contributed by atoms with Crippen molar-refractivity contribution in [1.82, 2.24) is 9.55 Å². The number of aromatic hydroxyl groups is 1. The van der Waals surface area contributed by atoms with Gasteiger partial charge >= 0.3 is 0 Å². The highest BCUT2D eigenvalue weighted by molar-refractivity contribution is 5.73. The maximum Gasteiger partial charge on any atom is 0.297 e. The van der Waals surface area contributed by atoms with Gasteiger partial charge in [-0.1, -0.05) is 0 Å². The Morgan fingerprint density at radius 1 is 1.35 bits per heavy atom. The molecule has 0 aliphatic carbocycles. The minimum Gasteiger partial charge on any atom is -0.503 e. The van der Waals surface area contributed by atoms with Crippen LogP contribution in [0.3, 0.4) is 0 Å². The van der Waals surface area contributed by atoms with E-state index in [9.17, 15) is 9.90 Å². The van der Waals surface area contributed by atoms with Crippen LogP contribution < -0.4 is 10.3 Å². The van der Waals surface area contributed by atoms with E-state index < -0.39 is 11.2 Å². The van der Waals surface area contributed by atoms with E-state index in [4.69, 9.17) is 4.74 Å². The third-order valence-corrected chi connectivity index (χ3v) is 3.10. The zero-order valence-electron chi connectivity index (χ0n) is 11.2. The summed E-state index contributed by atoms with van der Waals surface area (Å²) in [4.78, 5) is 16.2. The van der Waals surface area contributed by atoms with Crippen LogP contribution >= 0.6 is 0 Å². The van der Waals surface area contributed by atoms with Gasteiger partial charge in [0, 0.05) is 18.6 Å². The second kappa shape index (κ2) is 4.23. The maximum atomic E-state index is 12.1. The SMILES string of the molecule is CC1(C)C=C(n2cccc(O)c2=O)c2cnccc2O1. The van der Waals surface area contributed by atoms with Gasteiger partial charge in [-0.2, -0.15) is 0 Å². The lowest BCUT2D eigenvalue weighted by molar-refractivity contribution is 0.157. The number of rotatable bonds is 1. The highest BCUT2D eigenvalue weighted by atomic mass is 16.5. The molecule has 0 aromatic carbocycles. The van der Waals surface area contributed by atoms with Gasteiger partial charge < -0.3 is 9.84 Å². The molecular weight excluding hydrogens is 256 g/mol. The first-order valence-electron chi connectivity index (χ1n) is 6.25. The third-order valence-electron chi connectivity index (χ3n) is 3.10. The van der Waals surface area contributed by atoms with Gasteiger partial charge in [0.05, 0.1) is 11.3 Å². The van der Waals surface area contributed by atoms with E-state index in [1.807, 2.05) is 19.9 Å². The van der Waals surface area contributed by atoms with Crippen LogP contribution in [-0.2, 0) is 0 Å². The largest absolute Gasteiger partial charge is 0.503 e. The maximum absolute atomic E-state index is 12.1. The molecule has 0 saturated carbocycles. The van der Waals surface area contributed by atoms with Crippen LogP contribution in [0, 0.1) is 0 Å². The monoisotopic (exact) mass is 270 g/mol. The molecule has 0 amide bonds. The van der Waals surface area contributed by atoms with Crippen LogP contribution in [0.1, 0.15) is 19.4 Å². The van der Waals surface area contributed by atoms with Crippen molar-refractivity contribution in [1.29, 1.82) is 0 Å². The first-order chi connectivity index (χ1) is 9.48. The second-order valence-corrected chi connectivity index (χ2v) is 5.18. The second-order valence-electron chi connectivity index (χ2n) is 5.18. The summed E-state index contributed by atoms with van der Waals surface area (Å²) in [5, 5.41) is 9.60. The summed E-state index contributed by atoms with van der Waals surface area (Å²) in [5.41, 5.74) is 0.366. The van der Waals surface area contributed by atoms with Gasteiger partial charge in [-0.25, -0.2) is 0 Å². The predicted molar refractivity (Wildman–Crippen MR) is 74.7 cm³/mol. The molecule has 0 fully saturated rings. The van der Waals surface area contributed by atoms with Gasteiger partial charge in [-0.15, -0.1) is 0 Å². The van der Waals surface area contributed by atoms with Crippen LogP contribution in [0.25, 0.3) is 5.70 Å². The van der Waals surface area contributed by atoms with Gasteiger partial charge in [0.1, 0.15) is 11.4 Å². The molecular formula is C15H14N2O3. The Morgan fingerprint density at radius 2 is 2.15 bits per heavy atom. The summed E-state index contributed by atoms with van der Waals surface area (Å²) >= 11 is 0. The van der Waals surface area contributed by atoms with Crippen molar-refractivity contribution in [2.75, 3.05) is 0 Å². The van der Waals surface area contributed by atoms with Crippen molar-refractivity contribution in [3.05, 3.63) is 58.8 Å². The molecule has 1 N–H and O–H groups in total. The van der Waals surface area contributed by atoms with Crippen LogP contribution in [-0.4, -0.2) is 20.3 Å². The average Bonchev–Trinajstić information content (AvgIpc) is 2.40. The Hall–Kier alpha value is -2.56. The minimum atomic E-state index is -0.547. The van der Waals surface area contributed by atoms with E-state index >= 15 is 0 Å². The number of ether oxygens (including phenoxy) is 1. The van der Waals surface area contributed by atoms with Crippen molar-refractivity contribution in [3.63, 3.8) is 0 Å². The van der Waals surface area contributed by atoms with E-state index in [1.54, 1.807) is 30.7 Å². The fourth-order valence-corrected chi connectivity index (χ4v) is 2.25. The first-order valence-corrected chi connectivity index (χ1v) is 6.25. The molecule has 0 radical (unpaired) electrons. The van der Waals surface area contributed by atoms with Gasteiger partial charge in [0.15, 0.2) is 5.75 Å². The normalized spacial score (nSPS) is 16.0. The fourth-order valence-electron chi connectivity index (χ4n) is 2.25. The van der Waals surface area contributed by atoms with E-state index in [-0.39, 0.29) is 5.75 Å². The van der Waals surface area contributed by atoms with E-state index in [1.165, 1.54) is 10.6 Å². The van der Waals surface area contributed by atoms with E-state index in [0.29, 0.717) is 11.4 Å². The van der Waals surface area contributed by atoms with Crippen molar-refractivity contribution >= 4 is 5.70 Å². The Morgan fingerprint density at radius 3 is 2.95 bits per heavy atom. The number of aromatic nitrogens is 2. The third kappa shape index (κ3) is 1.97. The summed E-state index contributed by atoms with van der Waals surface area (Å²) < 4.78 is 7.25. The van der Waals surface area contributed by atoms with Gasteiger partial charge in [-0.05, 0) is 38.1 Å². The van der Waals surface area contributed by atoms with Crippen molar-refractivity contribution in [2.24, 2.45) is 0 Å². The highest BCUT2D eigenvalue weighted by Gasteiger charge is 2.28. The Labute approximate surface area is 115 Å². The van der Waals surface area contributed by atoms with Crippen LogP contribution in [0.5, 0.6) is 11.5 Å². The van der Waals surface area contributed by atoms with E-state index in [2.05, 4.69) is 4.98 Å². The van der Waals surface area contributed by atoms with Crippen LogP contribution in [0.15, 0.2) is 47.7 Å². The number of nitrogens with zero attached hydrogens (tertiary/aromatic N) is 2. The highest BCUT2D eigenvalue weighted by Crippen LogP contribution is 2.35. The molecule has 5 nitrogen and oxygen atoms in total. The molecule has 0 unspecified atom stereocenters. The molecule has 1 aliphatic rings. The molecule has 0 atom stereocenters. The molecule has 102 valence electrons. The van der Waals surface area contributed by atoms with E-state index in [0.717, 1.165) is 5.56 Å². The molecule has 2 aromatic rings. The Balaban J connectivity index is 2.28. The molecule has 3 rings (SSSR count). The zero-order valence-corrected chi connectivity index (χ0v) is 11.2. The lowest BCUT2D eigenvalue weighted by Gasteiger charge is -2.31. The van der Waals surface area contributed by atoms with Crippen LogP contribution in [0.2, 0.25) is 0 Å². The molecule has 2 aromatic heterocycles. The standard InChI is InChI=1S/C15H14N2O3/c1-15(2)8-11(10-9-16-6-5-13(10)20-15)17-7-3-4-12(18)14(17)19/h3-9,18H,1-2H3. The summed E-state index contributed by atoms with van der Waals surface area (Å²) in [5.74, 6) is 0.376. The van der Waals surface area contributed by atoms with Crippen molar-refractivity contribution < 1.29 is 9.84 Å². The average molecular weight is 270 g/mol. The number of pyridine rings is 2.